The van der Waals surface area contributed by atoms with E-state index in [4.69, 9.17) is 29.7 Å². The van der Waals surface area contributed by atoms with Crippen molar-refractivity contribution in [3.8, 4) is 28.2 Å². The number of phenols is 1. The maximum absolute atomic E-state index is 12.9. The normalized spacial score (nSPS) is 12.9. The van der Waals surface area contributed by atoms with Gasteiger partial charge in [0.2, 0.25) is 5.91 Å². The van der Waals surface area contributed by atoms with Crippen molar-refractivity contribution >= 4 is 43.9 Å². The molecule has 1 aliphatic carbocycles. The monoisotopic (exact) mass is 721 g/mol. The van der Waals surface area contributed by atoms with Crippen LogP contribution in [0.25, 0.3) is 33.4 Å². The molecule has 0 saturated heterocycles. The van der Waals surface area contributed by atoms with Crippen LogP contribution in [0.5, 0.6) is 5.75 Å². The molecule has 262 valence electrons. The molecule has 49 heavy (non-hydrogen) atoms. The average Bonchev–Trinajstić information content (AvgIpc) is 3.01. The van der Waals surface area contributed by atoms with Crippen molar-refractivity contribution in [1.82, 2.24) is 10.6 Å². The number of carboxylic acid groups (broad SMARTS) is 1. The summed E-state index contributed by atoms with van der Waals surface area (Å²) in [6, 6.07) is 11.3. The van der Waals surface area contributed by atoms with Gasteiger partial charge < -0.3 is 55.7 Å². The highest BCUT2D eigenvalue weighted by atomic mass is 31.2. The van der Waals surface area contributed by atoms with Gasteiger partial charge in [-0.25, -0.2) is 4.79 Å². The summed E-state index contributed by atoms with van der Waals surface area (Å²) in [4.78, 5) is 86.2. The quantitative estimate of drug-likeness (QED) is 0.0503. The summed E-state index contributed by atoms with van der Waals surface area (Å²) in [5, 5.41) is 31.6. The molecule has 0 bridgehead atoms. The summed E-state index contributed by atoms with van der Waals surface area (Å²) in [6.07, 6.45) is -0.384. The molecule has 0 radical (unpaired) electrons. The maximum Gasteiger partial charge on any atom is 0.369 e. The van der Waals surface area contributed by atoms with Crippen molar-refractivity contribution in [2.75, 3.05) is 13.1 Å². The molecule has 1 aliphatic heterocycles. The van der Waals surface area contributed by atoms with E-state index >= 15 is 0 Å². The Bertz CT molecular complexity index is 2010. The van der Waals surface area contributed by atoms with E-state index in [1.54, 1.807) is 6.07 Å². The lowest BCUT2D eigenvalue weighted by molar-refractivity contribution is -0.122. The fourth-order valence-corrected chi connectivity index (χ4v) is 7.26. The van der Waals surface area contributed by atoms with Crippen LogP contribution < -0.4 is 21.8 Å². The second kappa shape index (κ2) is 14.6. The van der Waals surface area contributed by atoms with Gasteiger partial charge in [-0.05, 0) is 61.2 Å². The average molecular weight is 722 g/mol. The van der Waals surface area contributed by atoms with Crippen molar-refractivity contribution in [3.63, 3.8) is 0 Å². The molecule has 0 spiro atoms. The SMILES string of the molecule is NC(CCCCNC(=O)c1ccc(-c2c3ccc(=O)cc-3oc3cc(O)ccc23)c(C(=O)O)c1)C(=O)NCCC(O)(P(=O)(O)O)P(=O)(O)O. The van der Waals surface area contributed by atoms with E-state index in [-0.39, 0.29) is 52.2 Å². The second-order valence-electron chi connectivity index (χ2n) is 11.1. The third kappa shape index (κ3) is 8.24. The summed E-state index contributed by atoms with van der Waals surface area (Å²) in [5.41, 5.74) is 6.59. The van der Waals surface area contributed by atoms with Crippen molar-refractivity contribution in [2.45, 2.75) is 36.8 Å². The number of aliphatic hydroxyl groups is 1. The fourth-order valence-electron chi connectivity index (χ4n) is 5.10. The Labute approximate surface area is 277 Å². The van der Waals surface area contributed by atoms with Crippen LogP contribution in [0.3, 0.4) is 0 Å². The minimum absolute atomic E-state index is 0.0384. The molecule has 11 N–H and O–H groups in total. The number of benzene rings is 3. The number of hydrogen-bond acceptors (Lipinski definition) is 10. The zero-order valence-corrected chi connectivity index (χ0v) is 27.3. The van der Waals surface area contributed by atoms with Crippen LogP contribution in [-0.2, 0) is 13.9 Å². The predicted molar refractivity (Wildman–Crippen MR) is 174 cm³/mol. The molecule has 1 heterocycles. The van der Waals surface area contributed by atoms with Crippen LogP contribution in [0.1, 0.15) is 46.4 Å². The van der Waals surface area contributed by atoms with Gasteiger partial charge in [0.15, 0.2) is 5.43 Å². The van der Waals surface area contributed by atoms with Gasteiger partial charge >= 0.3 is 21.2 Å². The number of aromatic hydroxyl groups is 1. The van der Waals surface area contributed by atoms with Crippen LogP contribution >= 0.6 is 15.2 Å². The Morgan fingerprint density at radius 2 is 1.55 bits per heavy atom. The number of carbonyl (C=O) groups excluding carboxylic acids is 2. The van der Waals surface area contributed by atoms with E-state index in [0.717, 1.165) is 0 Å². The van der Waals surface area contributed by atoms with Gasteiger partial charge in [-0.3, -0.25) is 23.5 Å². The third-order valence-electron chi connectivity index (χ3n) is 7.72. The molecule has 2 amide bonds. The summed E-state index contributed by atoms with van der Waals surface area (Å²) in [5.74, 6) is -2.65. The van der Waals surface area contributed by atoms with E-state index in [1.165, 1.54) is 48.5 Å². The van der Waals surface area contributed by atoms with Crippen molar-refractivity contribution in [1.29, 1.82) is 0 Å². The van der Waals surface area contributed by atoms with Gasteiger partial charge in [0, 0.05) is 53.7 Å². The lowest BCUT2D eigenvalue weighted by atomic mass is 9.90. The first-order valence-corrected chi connectivity index (χ1v) is 17.8. The van der Waals surface area contributed by atoms with Crippen molar-refractivity contribution < 1.29 is 62.8 Å². The highest BCUT2D eigenvalue weighted by Gasteiger charge is 2.58. The number of rotatable bonds is 14. The summed E-state index contributed by atoms with van der Waals surface area (Å²) in [7, 11) is -11.3. The third-order valence-corrected chi connectivity index (χ3v) is 11.6. The molecule has 1 unspecified atom stereocenters. The molecule has 17 nitrogen and oxygen atoms in total. The maximum atomic E-state index is 12.9. The number of phenolic OH excluding ortho intramolecular Hbond substituents is 1. The van der Waals surface area contributed by atoms with Crippen LogP contribution in [-0.4, -0.2) is 76.9 Å². The molecule has 2 aromatic rings. The van der Waals surface area contributed by atoms with Crippen LogP contribution in [0, 0.1) is 0 Å². The molecule has 0 fully saturated rings. The van der Waals surface area contributed by atoms with Crippen LogP contribution in [0.4, 0.5) is 0 Å². The molecule has 0 aromatic heterocycles. The molecule has 1 atom stereocenters. The standard InChI is InChI=1S/C30H33N3O14P2/c31-23(28(37)33-12-10-30(40,48(41,42)43)49(44,45)46)3-1-2-11-32-27(36)16-4-7-19(22(13-16)29(38)39)26-20-8-5-17(34)14-24(20)47-25-15-18(35)6-9-21(25)26/h4-9,13-15,23,34,40H,1-3,10-12,31H2,(H,32,36)(H,33,37)(H,38,39)(H2,41,42,43)(H2,44,45,46). The lowest BCUT2D eigenvalue weighted by Crippen LogP contribution is -2.43. The molecular weight excluding hydrogens is 688 g/mol. The fraction of sp³-hybridized carbons (Fsp3) is 0.267. The van der Waals surface area contributed by atoms with Gasteiger partial charge in [-0.2, -0.15) is 0 Å². The Kier molecular flexibility index (Phi) is 11.1. The molecule has 19 heteroatoms. The minimum atomic E-state index is -5.67. The first-order valence-electron chi connectivity index (χ1n) is 14.6. The number of unbranched alkanes of at least 4 members (excludes halogenated alkanes) is 1. The summed E-state index contributed by atoms with van der Waals surface area (Å²) in [6.45, 7) is -0.575. The van der Waals surface area contributed by atoms with E-state index in [2.05, 4.69) is 10.6 Å². The predicted octanol–water partition coefficient (Wildman–Crippen LogP) is 1.70. The molecular formula is C30H33N3O14P2. The van der Waals surface area contributed by atoms with Crippen molar-refractivity contribution in [2.24, 2.45) is 5.73 Å². The largest absolute Gasteiger partial charge is 0.508 e. The summed E-state index contributed by atoms with van der Waals surface area (Å²) >= 11 is 0. The van der Waals surface area contributed by atoms with Crippen LogP contribution in [0.15, 0.2) is 63.8 Å². The number of amides is 2. The topological polar surface area (TPSA) is 307 Å². The molecule has 0 saturated carbocycles. The Hall–Kier alpha value is -4.44. The zero-order chi connectivity index (χ0) is 36.3. The van der Waals surface area contributed by atoms with Crippen molar-refractivity contribution in [3.05, 3.63) is 75.9 Å². The first-order chi connectivity index (χ1) is 22.8. The molecule has 2 aliphatic rings. The number of carbonyl (C=O) groups is 3. The Balaban J connectivity index is 1.38. The van der Waals surface area contributed by atoms with Gasteiger partial charge in [-0.1, -0.05) is 6.07 Å². The van der Waals surface area contributed by atoms with Gasteiger partial charge in [0.05, 0.1) is 11.6 Å². The molecule has 4 rings (SSSR count). The minimum Gasteiger partial charge on any atom is -0.508 e. The highest BCUT2D eigenvalue weighted by molar-refractivity contribution is 7.72. The van der Waals surface area contributed by atoms with Gasteiger partial charge in [0.25, 0.3) is 11.0 Å². The second-order valence-corrected chi connectivity index (χ2v) is 15.2. The van der Waals surface area contributed by atoms with Gasteiger partial charge in [0.1, 0.15) is 17.1 Å². The number of carboxylic acids is 1. The number of nitrogens with one attached hydrogen (secondary N) is 2. The zero-order valence-electron chi connectivity index (χ0n) is 25.5. The van der Waals surface area contributed by atoms with E-state index in [9.17, 15) is 43.6 Å². The van der Waals surface area contributed by atoms with Crippen LogP contribution in [0.2, 0.25) is 0 Å². The molecule has 2 aromatic carbocycles. The first kappa shape index (κ1) is 37.4. The summed E-state index contributed by atoms with van der Waals surface area (Å²) < 4.78 is 28.6. The number of aromatic carboxylic acids is 1. The number of nitrogens with two attached hydrogens (primary N) is 1. The van der Waals surface area contributed by atoms with E-state index in [1.807, 2.05) is 0 Å². The van der Waals surface area contributed by atoms with Gasteiger partial charge in [-0.15, -0.1) is 0 Å². The van der Waals surface area contributed by atoms with E-state index < -0.39 is 57.1 Å². The smallest absolute Gasteiger partial charge is 0.369 e. The number of hydrogen-bond donors (Lipinski definition) is 10. The van der Waals surface area contributed by atoms with E-state index in [0.29, 0.717) is 29.4 Å². The number of fused-ring (bicyclic) bond motifs is 2. The highest BCUT2D eigenvalue weighted by Crippen LogP contribution is 2.68. The Morgan fingerprint density at radius 1 is 0.878 bits per heavy atom. The Morgan fingerprint density at radius 3 is 2.20 bits per heavy atom. The lowest BCUT2D eigenvalue weighted by Gasteiger charge is -2.29.